The number of hydrogen-bond donors (Lipinski definition) is 1. The number of ether oxygens (including phenoxy) is 1. The Hall–Kier alpha value is -1.63. The van der Waals surface area contributed by atoms with Gasteiger partial charge in [0, 0.05) is 19.3 Å². The highest BCUT2D eigenvalue weighted by Crippen LogP contribution is 2.18. The van der Waals surface area contributed by atoms with E-state index in [-0.39, 0.29) is 11.9 Å². The van der Waals surface area contributed by atoms with Crippen LogP contribution in [0.5, 0.6) is 0 Å². The molecule has 1 saturated heterocycles. The molecule has 2 heterocycles. The first-order chi connectivity index (χ1) is 9.11. The van der Waals surface area contributed by atoms with Gasteiger partial charge in [0.25, 0.3) is 5.91 Å². The number of methoxy groups -OCH3 is 1. The molecule has 7 heteroatoms. The van der Waals surface area contributed by atoms with E-state index in [0.29, 0.717) is 23.3 Å². The third kappa shape index (κ3) is 3.23. The summed E-state index contributed by atoms with van der Waals surface area (Å²) in [6.45, 7) is 1.09. The molecular weight excluding hydrogens is 314 g/mol. The second-order valence-corrected chi connectivity index (χ2v) is 4.97. The summed E-state index contributed by atoms with van der Waals surface area (Å²) >= 11 is 3.26. The molecule has 6 nitrogen and oxygen atoms in total. The standard InChI is InChI=1S/C12H14BrN3O3/c1-19-12(18)15-8-4-6-16(7-8)11(17)9-3-2-5-14-10(9)13/h2-3,5,8H,4,6-7H2,1H3,(H,15,18). The third-order valence-corrected chi connectivity index (χ3v) is 3.60. The summed E-state index contributed by atoms with van der Waals surface area (Å²) in [7, 11) is 1.32. The van der Waals surface area contributed by atoms with Gasteiger partial charge in [0.15, 0.2) is 0 Å². The van der Waals surface area contributed by atoms with E-state index in [4.69, 9.17) is 0 Å². The molecule has 2 rings (SSSR count). The number of halogens is 1. The van der Waals surface area contributed by atoms with Crippen LogP contribution >= 0.6 is 15.9 Å². The highest BCUT2D eigenvalue weighted by Gasteiger charge is 2.29. The van der Waals surface area contributed by atoms with Crippen LogP contribution in [0.4, 0.5) is 4.79 Å². The van der Waals surface area contributed by atoms with Gasteiger partial charge in [0.1, 0.15) is 4.60 Å². The summed E-state index contributed by atoms with van der Waals surface area (Å²) < 4.78 is 5.07. The fourth-order valence-corrected chi connectivity index (χ4v) is 2.42. The first kappa shape index (κ1) is 13.8. The lowest BCUT2D eigenvalue weighted by molar-refractivity contribution is 0.0786. The first-order valence-electron chi connectivity index (χ1n) is 5.86. The number of nitrogens with zero attached hydrogens (tertiary/aromatic N) is 2. The Morgan fingerprint density at radius 2 is 2.37 bits per heavy atom. The van der Waals surface area contributed by atoms with Gasteiger partial charge in [0.05, 0.1) is 18.7 Å². The van der Waals surface area contributed by atoms with E-state index in [1.54, 1.807) is 23.2 Å². The summed E-state index contributed by atoms with van der Waals surface area (Å²) in [5, 5.41) is 2.70. The molecule has 1 N–H and O–H groups in total. The van der Waals surface area contributed by atoms with Crippen LogP contribution in [0.1, 0.15) is 16.8 Å². The van der Waals surface area contributed by atoms with Crippen LogP contribution in [0, 0.1) is 0 Å². The van der Waals surface area contributed by atoms with Gasteiger partial charge in [-0.2, -0.15) is 0 Å². The molecule has 102 valence electrons. The number of carbonyl (C=O) groups is 2. The summed E-state index contributed by atoms with van der Waals surface area (Å²) in [6, 6.07) is 3.38. The maximum atomic E-state index is 12.3. The molecule has 1 fully saturated rings. The van der Waals surface area contributed by atoms with Gasteiger partial charge in [0.2, 0.25) is 0 Å². The molecule has 2 amide bonds. The Bertz CT molecular complexity index is 495. The second kappa shape index (κ2) is 6.01. The van der Waals surface area contributed by atoms with Crippen LogP contribution in [0.15, 0.2) is 22.9 Å². The number of likely N-dealkylation sites (tertiary alicyclic amines) is 1. The topological polar surface area (TPSA) is 71.5 Å². The fraction of sp³-hybridized carbons (Fsp3) is 0.417. The van der Waals surface area contributed by atoms with Gasteiger partial charge in [-0.05, 0) is 34.5 Å². The van der Waals surface area contributed by atoms with E-state index in [0.717, 1.165) is 6.42 Å². The average molecular weight is 328 g/mol. The number of alkyl carbamates (subject to hydrolysis) is 1. The second-order valence-electron chi connectivity index (χ2n) is 4.21. The van der Waals surface area contributed by atoms with Crippen LogP contribution in [-0.2, 0) is 4.74 Å². The van der Waals surface area contributed by atoms with Crippen LogP contribution in [0.3, 0.4) is 0 Å². The lowest BCUT2D eigenvalue weighted by Crippen LogP contribution is -2.38. The van der Waals surface area contributed by atoms with Crippen LogP contribution < -0.4 is 5.32 Å². The highest BCUT2D eigenvalue weighted by molar-refractivity contribution is 9.10. The summed E-state index contributed by atoms with van der Waals surface area (Å²) in [5.74, 6) is -0.0888. The zero-order valence-electron chi connectivity index (χ0n) is 10.4. The van der Waals surface area contributed by atoms with E-state index in [2.05, 4.69) is 31.0 Å². The lowest BCUT2D eigenvalue weighted by Gasteiger charge is -2.17. The molecule has 1 atom stereocenters. The molecule has 1 aromatic heterocycles. The molecule has 1 aliphatic heterocycles. The van der Waals surface area contributed by atoms with Gasteiger partial charge in [-0.1, -0.05) is 0 Å². The SMILES string of the molecule is COC(=O)NC1CCN(C(=O)c2cccnc2Br)C1. The molecule has 0 aromatic carbocycles. The van der Waals surface area contributed by atoms with Gasteiger partial charge < -0.3 is 15.0 Å². The van der Waals surface area contributed by atoms with Crippen molar-refractivity contribution in [3.05, 3.63) is 28.5 Å². The first-order valence-corrected chi connectivity index (χ1v) is 6.65. The number of amides is 2. The van der Waals surface area contributed by atoms with Crippen molar-refractivity contribution in [3.63, 3.8) is 0 Å². The Balaban J connectivity index is 1.99. The summed E-state index contributed by atoms with van der Waals surface area (Å²) in [6.07, 6.45) is 1.87. The highest BCUT2D eigenvalue weighted by atomic mass is 79.9. The molecule has 0 radical (unpaired) electrons. The molecule has 1 aliphatic rings. The quantitative estimate of drug-likeness (QED) is 0.834. The Morgan fingerprint density at radius 1 is 1.58 bits per heavy atom. The molecule has 0 spiro atoms. The van der Waals surface area contributed by atoms with E-state index in [1.807, 2.05) is 0 Å². The molecular formula is C12H14BrN3O3. The predicted molar refractivity (Wildman–Crippen MR) is 71.8 cm³/mol. The number of nitrogens with one attached hydrogen (secondary N) is 1. The van der Waals surface area contributed by atoms with Crippen molar-refractivity contribution in [1.29, 1.82) is 0 Å². The third-order valence-electron chi connectivity index (χ3n) is 2.97. The van der Waals surface area contributed by atoms with Crippen LogP contribution in [0.25, 0.3) is 0 Å². The lowest BCUT2D eigenvalue weighted by atomic mass is 10.2. The van der Waals surface area contributed by atoms with Crippen LogP contribution in [0.2, 0.25) is 0 Å². The smallest absolute Gasteiger partial charge is 0.407 e. The van der Waals surface area contributed by atoms with Gasteiger partial charge in [-0.25, -0.2) is 9.78 Å². The summed E-state index contributed by atoms with van der Waals surface area (Å²) in [4.78, 5) is 29.1. The molecule has 0 bridgehead atoms. The van der Waals surface area contributed by atoms with E-state index < -0.39 is 6.09 Å². The van der Waals surface area contributed by atoms with Gasteiger partial charge in [-0.3, -0.25) is 4.79 Å². The average Bonchev–Trinajstić information content (AvgIpc) is 2.87. The molecule has 0 saturated carbocycles. The molecule has 19 heavy (non-hydrogen) atoms. The van der Waals surface area contributed by atoms with Crippen molar-refractivity contribution in [2.45, 2.75) is 12.5 Å². The minimum atomic E-state index is -0.471. The molecule has 1 aromatic rings. The Labute approximate surface area is 119 Å². The Morgan fingerprint density at radius 3 is 3.05 bits per heavy atom. The maximum absolute atomic E-state index is 12.3. The zero-order valence-corrected chi connectivity index (χ0v) is 12.0. The van der Waals surface area contributed by atoms with Crippen molar-refractivity contribution in [2.75, 3.05) is 20.2 Å². The molecule has 0 aliphatic carbocycles. The van der Waals surface area contributed by atoms with E-state index in [9.17, 15) is 9.59 Å². The predicted octanol–water partition coefficient (Wildman–Crippen LogP) is 1.41. The van der Waals surface area contributed by atoms with Crippen molar-refractivity contribution in [1.82, 2.24) is 15.2 Å². The minimum absolute atomic E-state index is 0.0631. The fourth-order valence-electron chi connectivity index (χ4n) is 2.00. The Kier molecular flexibility index (Phi) is 4.36. The van der Waals surface area contributed by atoms with E-state index in [1.165, 1.54) is 7.11 Å². The van der Waals surface area contributed by atoms with Crippen molar-refractivity contribution in [2.24, 2.45) is 0 Å². The monoisotopic (exact) mass is 327 g/mol. The number of carbonyl (C=O) groups excluding carboxylic acids is 2. The maximum Gasteiger partial charge on any atom is 0.407 e. The zero-order chi connectivity index (χ0) is 13.8. The summed E-state index contributed by atoms with van der Waals surface area (Å²) in [5.41, 5.74) is 0.529. The van der Waals surface area contributed by atoms with E-state index >= 15 is 0 Å². The van der Waals surface area contributed by atoms with Crippen molar-refractivity contribution < 1.29 is 14.3 Å². The van der Waals surface area contributed by atoms with Crippen molar-refractivity contribution >= 4 is 27.9 Å². The minimum Gasteiger partial charge on any atom is -0.453 e. The van der Waals surface area contributed by atoms with Crippen LogP contribution in [-0.4, -0.2) is 48.1 Å². The number of aromatic nitrogens is 1. The number of hydrogen-bond acceptors (Lipinski definition) is 4. The normalized spacial score (nSPS) is 18.2. The number of rotatable bonds is 2. The van der Waals surface area contributed by atoms with Gasteiger partial charge in [-0.15, -0.1) is 0 Å². The molecule has 1 unspecified atom stereocenters. The van der Waals surface area contributed by atoms with Crippen molar-refractivity contribution in [3.8, 4) is 0 Å². The van der Waals surface area contributed by atoms with Gasteiger partial charge >= 0.3 is 6.09 Å². The largest absolute Gasteiger partial charge is 0.453 e. The number of pyridine rings is 1.